The van der Waals surface area contributed by atoms with Gasteiger partial charge in [0.25, 0.3) is 0 Å². The Kier molecular flexibility index (Phi) is 2.59. The van der Waals surface area contributed by atoms with E-state index in [4.69, 9.17) is 10.5 Å². The second-order valence-corrected chi connectivity index (χ2v) is 3.60. The molecule has 14 heavy (non-hydrogen) atoms. The Labute approximate surface area is 84.5 Å². The first-order valence-electron chi connectivity index (χ1n) is 4.98. The summed E-state index contributed by atoms with van der Waals surface area (Å²) in [6.07, 6.45) is 1.14. The van der Waals surface area contributed by atoms with Crippen molar-refractivity contribution in [2.75, 3.05) is 31.6 Å². The van der Waals surface area contributed by atoms with Gasteiger partial charge in [-0.1, -0.05) is 6.07 Å². The van der Waals surface area contributed by atoms with Gasteiger partial charge in [0.1, 0.15) is 12.4 Å². The standard InChI is InChI=1S/C11H16N2O/c1-13-6-4-9-2-3-10(8-11(9)13)14-7-5-12/h2-3,8H,4-7,12H2,1H3. The van der Waals surface area contributed by atoms with Crippen molar-refractivity contribution in [1.29, 1.82) is 0 Å². The molecule has 76 valence electrons. The predicted molar refractivity (Wildman–Crippen MR) is 58.0 cm³/mol. The molecule has 0 atom stereocenters. The molecular weight excluding hydrogens is 176 g/mol. The van der Waals surface area contributed by atoms with E-state index in [9.17, 15) is 0 Å². The number of hydrogen-bond donors (Lipinski definition) is 1. The molecule has 0 unspecified atom stereocenters. The topological polar surface area (TPSA) is 38.5 Å². The molecule has 0 aromatic heterocycles. The van der Waals surface area contributed by atoms with E-state index in [2.05, 4.69) is 24.1 Å². The molecule has 1 aromatic rings. The number of hydrogen-bond acceptors (Lipinski definition) is 3. The third kappa shape index (κ3) is 1.68. The van der Waals surface area contributed by atoms with Gasteiger partial charge in [0.05, 0.1) is 0 Å². The fraction of sp³-hybridized carbons (Fsp3) is 0.455. The van der Waals surface area contributed by atoms with Gasteiger partial charge < -0.3 is 15.4 Å². The maximum Gasteiger partial charge on any atom is 0.121 e. The minimum atomic E-state index is 0.562. The van der Waals surface area contributed by atoms with Crippen LogP contribution in [0.5, 0.6) is 5.75 Å². The third-order valence-corrected chi connectivity index (χ3v) is 2.57. The van der Waals surface area contributed by atoms with Crippen molar-refractivity contribution in [3.05, 3.63) is 23.8 Å². The van der Waals surface area contributed by atoms with E-state index in [1.54, 1.807) is 0 Å². The highest BCUT2D eigenvalue weighted by Crippen LogP contribution is 2.30. The lowest BCUT2D eigenvalue weighted by atomic mass is 10.1. The number of nitrogens with zero attached hydrogens (tertiary/aromatic N) is 1. The molecule has 1 aromatic carbocycles. The molecule has 0 fully saturated rings. The van der Waals surface area contributed by atoms with Gasteiger partial charge in [-0.25, -0.2) is 0 Å². The van der Waals surface area contributed by atoms with E-state index in [0.29, 0.717) is 13.2 Å². The Morgan fingerprint density at radius 2 is 2.36 bits per heavy atom. The lowest BCUT2D eigenvalue weighted by Gasteiger charge is -2.13. The van der Waals surface area contributed by atoms with Gasteiger partial charge >= 0.3 is 0 Å². The van der Waals surface area contributed by atoms with Gasteiger partial charge in [0.2, 0.25) is 0 Å². The van der Waals surface area contributed by atoms with Crippen LogP contribution in [0.15, 0.2) is 18.2 Å². The summed E-state index contributed by atoms with van der Waals surface area (Å²) < 4.78 is 5.48. The third-order valence-electron chi connectivity index (χ3n) is 2.57. The average Bonchev–Trinajstić information content (AvgIpc) is 2.57. The van der Waals surface area contributed by atoms with E-state index >= 15 is 0 Å². The molecular formula is C11H16N2O. The van der Waals surface area contributed by atoms with E-state index in [-0.39, 0.29) is 0 Å². The fourth-order valence-corrected chi connectivity index (χ4v) is 1.79. The van der Waals surface area contributed by atoms with Crippen molar-refractivity contribution in [3.8, 4) is 5.75 Å². The first-order valence-corrected chi connectivity index (χ1v) is 4.98. The van der Waals surface area contributed by atoms with Crippen LogP contribution in [0.25, 0.3) is 0 Å². The zero-order valence-electron chi connectivity index (χ0n) is 8.49. The molecule has 0 amide bonds. The van der Waals surface area contributed by atoms with Gasteiger partial charge in [-0.2, -0.15) is 0 Å². The monoisotopic (exact) mass is 192 g/mol. The number of rotatable bonds is 3. The van der Waals surface area contributed by atoms with Crippen LogP contribution < -0.4 is 15.4 Å². The normalized spacial score (nSPS) is 14.3. The summed E-state index contributed by atoms with van der Waals surface area (Å²) in [6, 6.07) is 6.26. The largest absolute Gasteiger partial charge is 0.492 e. The van der Waals surface area contributed by atoms with E-state index in [1.165, 1.54) is 11.3 Å². The highest BCUT2D eigenvalue weighted by atomic mass is 16.5. The van der Waals surface area contributed by atoms with Crippen LogP contribution in [0.2, 0.25) is 0 Å². The second-order valence-electron chi connectivity index (χ2n) is 3.60. The number of likely N-dealkylation sites (N-methyl/N-ethyl adjacent to an activating group) is 1. The first kappa shape index (κ1) is 9.34. The van der Waals surface area contributed by atoms with Gasteiger partial charge in [-0.05, 0) is 18.1 Å². The maximum absolute atomic E-state index is 5.48. The van der Waals surface area contributed by atoms with Crippen molar-refractivity contribution in [2.24, 2.45) is 5.73 Å². The molecule has 0 saturated carbocycles. The minimum absolute atomic E-state index is 0.562. The summed E-state index contributed by atoms with van der Waals surface area (Å²) in [5.74, 6) is 0.919. The molecule has 1 aliphatic heterocycles. The smallest absolute Gasteiger partial charge is 0.121 e. The van der Waals surface area contributed by atoms with Crippen molar-refractivity contribution >= 4 is 5.69 Å². The van der Waals surface area contributed by atoms with Gasteiger partial charge in [-0.15, -0.1) is 0 Å². The molecule has 3 heteroatoms. The summed E-state index contributed by atoms with van der Waals surface area (Å²) >= 11 is 0. The summed E-state index contributed by atoms with van der Waals surface area (Å²) in [5.41, 5.74) is 8.08. The predicted octanol–water partition coefficient (Wildman–Crippen LogP) is 1.02. The Morgan fingerprint density at radius 1 is 1.50 bits per heavy atom. The zero-order chi connectivity index (χ0) is 9.97. The number of anilines is 1. The second kappa shape index (κ2) is 3.88. The Hall–Kier alpha value is -1.22. The molecule has 1 heterocycles. The van der Waals surface area contributed by atoms with Gasteiger partial charge in [0.15, 0.2) is 0 Å². The lowest BCUT2D eigenvalue weighted by molar-refractivity contribution is 0.328. The van der Waals surface area contributed by atoms with E-state index in [0.717, 1.165) is 18.7 Å². The lowest BCUT2D eigenvalue weighted by Crippen LogP contribution is -2.13. The van der Waals surface area contributed by atoms with Gasteiger partial charge in [0, 0.05) is 31.9 Å². The van der Waals surface area contributed by atoms with E-state index in [1.807, 2.05) is 6.07 Å². The summed E-state index contributed by atoms with van der Waals surface area (Å²) in [6.45, 7) is 2.26. The van der Waals surface area contributed by atoms with E-state index < -0.39 is 0 Å². The summed E-state index contributed by atoms with van der Waals surface area (Å²) in [4.78, 5) is 2.25. The summed E-state index contributed by atoms with van der Waals surface area (Å²) in [5, 5.41) is 0. The molecule has 1 aliphatic rings. The molecule has 0 spiro atoms. The Morgan fingerprint density at radius 3 is 3.14 bits per heavy atom. The van der Waals surface area contributed by atoms with Crippen LogP contribution in [-0.4, -0.2) is 26.7 Å². The molecule has 0 radical (unpaired) electrons. The summed E-state index contributed by atoms with van der Waals surface area (Å²) in [7, 11) is 2.11. The van der Waals surface area contributed by atoms with Crippen molar-refractivity contribution < 1.29 is 4.74 Å². The van der Waals surface area contributed by atoms with Gasteiger partial charge in [-0.3, -0.25) is 0 Å². The fourth-order valence-electron chi connectivity index (χ4n) is 1.79. The highest BCUT2D eigenvalue weighted by Gasteiger charge is 2.15. The van der Waals surface area contributed by atoms with Crippen molar-refractivity contribution in [3.63, 3.8) is 0 Å². The van der Waals surface area contributed by atoms with Crippen LogP contribution >= 0.6 is 0 Å². The number of fused-ring (bicyclic) bond motifs is 1. The van der Waals surface area contributed by atoms with Crippen LogP contribution in [0.4, 0.5) is 5.69 Å². The molecule has 0 saturated heterocycles. The van der Waals surface area contributed by atoms with Crippen LogP contribution in [0, 0.1) is 0 Å². The quantitative estimate of drug-likeness (QED) is 0.777. The molecule has 3 nitrogen and oxygen atoms in total. The zero-order valence-corrected chi connectivity index (χ0v) is 8.49. The number of ether oxygens (including phenoxy) is 1. The molecule has 0 bridgehead atoms. The number of benzene rings is 1. The average molecular weight is 192 g/mol. The molecule has 2 rings (SSSR count). The minimum Gasteiger partial charge on any atom is -0.492 e. The number of nitrogens with two attached hydrogens (primary N) is 1. The molecule has 0 aliphatic carbocycles. The Bertz CT molecular complexity index is 325. The van der Waals surface area contributed by atoms with Crippen LogP contribution in [0.1, 0.15) is 5.56 Å². The van der Waals surface area contributed by atoms with Crippen molar-refractivity contribution in [1.82, 2.24) is 0 Å². The van der Waals surface area contributed by atoms with Crippen LogP contribution in [-0.2, 0) is 6.42 Å². The first-order chi connectivity index (χ1) is 6.81. The highest BCUT2D eigenvalue weighted by molar-refractivity contribution is 5.60. The Balaban J connectivity index is 2.17. The SMILES string of the molecule is CN1CCc2ccc(OCCN)cc21. The maximum atomic E-state index is 5.48. The molecule has 2 N–H and O–H groups in total. The van der Waals surface area contributed by atoms with Crippen LogP contribution in [0.3, 0.4) is 0 Å². The van der Waals surface area contributed by atoms with Crippen molar-refractivity contribution in [2.45, 2.75) is 6.42 Å².